The van der Waals surface area contributed by atoms with Crippen LogP contribution in [0.25, 0.3) is 10.9 Å². The van der Waals surface area contributed by atoms with E-state index < -0.39 is 0 Å². The number of fused-ring (bicyclic) bond motifs is 3. The van der Waals surface area contributed by atoms with Gasteiger partial charge in [0.1, 0.15) is 5.75 Å². The van der Waals surface area contributed by atoms with Crippen molar-refractivity contribution >= 4 is 16.8 Å². The normalized spacial score (nSPS) is 13.9. The molecule has 3 rings (SSSR count). The number of aromatic amines is 1. The minimum absolute atomic E-state index is 0.0212. The summed E-state index contributed by atoms with van der Waals surface area (Å²) in [6.07, 6.45) is 2.99. The molecule has 0 unspecified atom stereocenters. The van der Waals surface area contributed by atoms with Crippen LogP contribution in [-0.4, -0.2) is 24.0 Å². The summed E-state index contributed by atoms with van der Waals surface area (Å²) in [4.78, 5) is 14.5. The van der Waals surface area contributed by atoms with Gasteiger partial charge in [-0.15, -0.1) is 0 Å². The van der Waals surface area contributed by atoms with Crippen LogP contribution in [0.5, 0.6) is 5.75 Å². The molecule has 1 aliphatic heterocycles. The molecule has 1 aliphatic rings. The average Bonchev–Trinajstić information content (AvgIpc) is 2.75. The standard InChI is InChI=1S/C16H20N2O2/c1-10-12(7-8-17-11(2)19)16-13-4-3-9-20-15(13)6-5-14(16)18-10/h5-6,18H,3-4,7-9H2,1-2H3,(H,17,19). The first-order valence-corrected chi connectivity index (χ1v) is 7.17. The maximum absolute atomic E-state index is 11.0. The number of nitrogens with one attached hydrogen (secondary N) is 2. The van der Waals surface area contributed by atoms with Gasteiger partial charge in [-0.2, -0.15) is 0 Å². The molecule has 106 valence electrons. The SMILES string of the molecule is CC(=O)NCCc1c(C)[nH]c2ccc3c(c12)CCCO3. The third-order valence-electron chi connectivity index (χ3n) is 3.92. The Labute approximate surface area is 118 Å². The van der Waals surface area contributed by atoms with E-state index in [-0.39, 0.29) is 5.91 Å². The molecule has 20 heavy (non-hydrogen) atoms. The molecule has 1 aromatic carbocycles. The van der Waals surface area contributed by atoms with E-state index in [1.165, 1.54) is 27.7 Å². The number of hydrogen-bond donors (Lipinski definition) is 2. The third kappa shape index (κ3) is 2.26. The maximum atomic E-state index is 11.0. The second kappa shape index (κ2) is 5.19. The Kier molecular flexibility index (Phi) is 3.38. The molecule has 4 heteroatoms. The van der Waals surface area contributed by atoms with E-state index in [9.17, 15) is 4.79 Å². The zero-order chi connectivity index (χ0) is 14.1. The number of aryl methyl sites for hydroxylation is 2. The topological polar surface area (TPSA) is 54.1 Å². The summed E-state index contributed by atoms with van der Waals surface area (Å²) in [5, 5.41) is 4.17. The molecule has 0 radical (unpaired) electrons. The summed E-state index contributed by atoms with van der Waals surface area (Å²) in [5.74, 6) is 1.04. The lowest BCUT2D eigenvalue weighted by Gasteiger charge is -2.18. The quantitative estimate of drug-likeness (QED) is 0.902. The maximum Gasteiger partial charge on any atom is 0.216 e. The zero-order valence-corrected chi connectivity index (χ0v) is 12.0. The van der Waals surface area contributed by atoms with Gasteiger partial charge in [-0.3, -0.25) is 4.79 Å². The van der Waals surface area contributed by atoms with Crippen LogP contribution in [0.4, 0.5) is 0 Å². The van der Waals surface area contributed by atoms with Crippen LogP contribution in [0.2, 0.25) is 0 Å². The molecule has 0 aliphatic carbocycles. The monoisotopic (exact) mass is 272 g/mol. The van der Waals surface area contributed by atoms with Crippen molar-refractivity contribution in [1.82, 2.24) is 10.3 Å². The lowest BCUT2D eigenvalue weighted by Crippen LogP contribution is -2.22. The first kappa shape index (κ1) is 13.0. The van der Waals surface area contributed by atoms with E-state index in [2.05, 4.69) is 29.4 Å². The Morgan fingerprint density at radius 1 is 1.45 bits per heavy atom. The second-order valence-corrected chi connectivity index (χ2v) is 5.38. The van der Waals surface area contributed by atoms with Crippen LogP contribution in [0, 0.1) is 6.92 Å². The Morgan fingerprint density at radius 2 is 2.30 bits per heavy atom. The van der Waals surface area contributed by atoms with Crippen molar-refractivity contribution in [3.8, 4) is 5.75 Å². The second-order valence-electron chi connectivity index (χ2n) is 5.38. The van der Waals surface area contributed by atoms with Crippen molar-refractivity contribution in [2.45, 2.75) is 33.1 Å². The molecule has 4 nitrogen and oxygen atoms in total. The molecule has 1 aromatic heterocycles. The fourth-order valence-corrected chi connectivity index (χ4v) is 3.03. The molecule has 2 heterocycles. The fourth-order valence-electron chi connectivity index (χ4n) is 3.03. The average molecular weight is 272 g/mol. The van der Waals surface area contributed by atoms with Crippen molar-refractivity contribution in [1.29, 1.82) is 0 Å². The largest absolute Gasteiger partial charge is 0.493 e. The van der Waals surface area contributed by atoms with Gasteiger partial charge in [0.15, 0.2) is 0 Å². The van der Waals surface area contributed by atoms with Gasteiger partial charge in [0, 0.05) is 35.6 Å². The molecule has 2 aromatic rings. The molecular weight excluding hydrogens is 252 g/mol. The van der Waals surface area contributed by atoms with E-state index in [1.807, 2.05) is 0 Å². The number of hydrogen-bond acceptors (Lipinski definition) is 2. The Morgan fingerprint density at radius 3 is 3.10 bits per heavy atom. The molecule has 0 saturated heterocycles. The van der Waals surface area contributed by atoms with Crippen molar-refractivity contribution in [2.24, 2.45) is 0 Å². The fraction of sp³-hybridized carbons (Fsp3) is 0.438. The molecule has 2 N–H and O–H groups in total. The smallest absolute Gasteiger partial charge is 0.216 e. The van der Waals surface area contributed by atoms with Crippen LogP contribution in [-0.2, 0) is 17.6 Å². The van der Waals surface area contributed by atoms with Gasteiger partial charge < -0.3 is 15.0 Å². The van der Waals surface area contributed by atoms with Gasteiger partial charge in [0.05, 0.1) is 6.61 Å². The molecule has 0 bridgehead atoms. The Bertz CT molecular complexity index is 658. The number of H-pyrrole nitrogens is 1. The molecule has 1 amide bonds. The van der Waals surface area contributed by atoms with Gasteiger partial charge >= 0.3 is 0 Å². The number of aromatic nitrogens is 1. The summed E-state index contributed by atoms with van der Waals surface area (Å²) in [6.45, 7) is 5.13. The van der Waals surface area contributed by atoms with Crippen molar-refractivity contribution in [3.63, 3.8) is 0 Å². The molecule has 0 saturated carbocycles. The lowest BCUT2D eigenvalue weighted by atomic mass is 9.97. The van der Waals surface area contributed by atoms with Gasteiger partial charge in [-0.1, -0.05) is 0 Å². The number of ether oxygens (including phenoxy) is 1. The van der Waals surface area contributed by atoms with Gasteiger partial charge in [0.25, 0.3) is 0 Å². The minimum atomic E-state index is 0.0212. The number of amides is 1. The van der Waals surface area contributed by atoms with Gasteiger partial charge in [-0.05, 0) is 43.9 Å². The van der Waals surface area contributed by atoms with E-state index >= 15 is 0 Å². The summed E-state index contributed by atoms with van der Waals surface area (Å²) < 4.78 is 5.75. The van der Waals surface area contributed by atoms with Crippen LogP contribution in [0.1, 0.15) is 30.2 Å². The summed E-state index contributed by atoms with van der Waals surface area (Å²) in [7, 11) is 0. The van der Waals surface area contributed by atoms with Crippen LogP contribution < -0.4 is 10.1 Å². The van der Waals surface area contributed by atoms with E-state index in [4.69, 9.17) is 4.74 Å². The van der Waals surface area contributed by atoms with E-state index in [1.54, 1.807) is 6.92 Å². The minimum Gasteiger partial charge on any atom is -0.493 e. The number of rotatable bonds is 3. The Balaban J connectivity index is 2.01. The lowest BCUT2D eigenvalue weighted by molar-refractivity contribution is -0.118. The number of carbonyl (C=O) groups excluding carboxylic acids is 1. The summed E-state index contributed by atoms with van der Waals surface area (Å²) >= 11 is 0. The highest BCUT2D eigenvalue weighted by Gasteiger charge is 2.18. The highest BCUT2D eigenvalue weighted by atomic mass is 16.5. The predicted molar refractivity (Wildman–Crippen MR) is 79.2 cm³/mol. The molecule has 0 atom stereocenters. The molecule has 0 spiro atoms. The zero-order valence-electron chi connectivity index (χ0n) is 12.0. The van der Waals surface area contributed by atoms with Crippen molar-refractivity contribution in [3.05, 3.63) is 29.0 Å². The first-order chi connectivity index (χ1) is 9.66. The van der Waals surface area contributed by atoms with Crippen LogP contribution >= 0.6 is 0 Å². The Hall–Kier alpha value is -1.97. The highest BCUT2D eigenvalue weighted by Crippen LogP contribution is 2.35. The summed E-state index contributed by atoms with van der Waals surface area (Å²) in [5.41, 5.74) is 4.97. The van der Waals surface area contributed by atoms with E-state index in [0.29, 0.717) is 6.54 Å². The summed E-state index contributed by atoms with van der Waals surface area (Å²) in [6, 6.07) is 4.15. The highest BCUT2D eigenvalue weighted by molar-refractivity contribution is 5.90. The van der Waals surface area contributed by atoms with Crippen molar-refractivity contribution < 1.29 is 9.53 Å². The number of benzene rings is 1. The first-order valence-electron chi connectivity index (χ1n) is 7.17. The van der Waals surface area contributed by atoms with Gasteiger partial charge in [0.2, 0.25) is 5.91 Å². The molecular formula is C16H20N2O2. The van der Waals surface area contributed by atoms with Crippen LogP contribution in [0.3, 0.4) is 0 Å². The third-order valence-corrected chi connectivity index (χ3v) is 3.92. The van der Waals surface area contributed by atoms with Gasteiger partial charge in [-0.25, -0.2) is 0 Å². The van der Waals surface area contributed by atoms with Crippen LogP contribution in [0.15, 0.2) is 12.1 Å². The predicted octanol–water partition coefficient (Wildman–Crippen LogP) is 2.48. The van der Waals surface area contributed by atoms with E-state index in [0.717, 1.165) is 31.6 Å². The molecule has 0 fully saturated rings. The number of carbonyl (C=O) groups is 1. The van der Waals surface area contributed by atoms with Crippen molar-refractivity contribution in [2.75, 3.05) is 13.2 Å².